The third-order valence-corrected chi connectivity index (χ3v) is 2.94. The molecule has 2 aromatic rings. The van der Waals surface area contributed by atoms with Crippen molar-refractivity contribution in [2.24, 2.45) is 0 Å². The van der Waals surface area contributed by atoms with Crippen LogP contribution in [0.4, 0.5) is 13.2 Å². The molecule has 7 heteroatoms. The van der Waals surface area contributed by atoms with E-state index in [0.29, 0.717) is 11.7 Å². The number of hydrogen-bond donors (Lipinski definition) is 1. The molecule has 0 unspecified atom stereocenters. The van der Waals surface area contributed by atoms with Crippen molar-refractivity contribution >= 4 is 5.91 Å². The van der Waals surface area contributed by atoms with Gasteiger partial charge in [0.2, 0.25) is 5.91 Å². The zero-order valence-corrected chi connectivity index (χ0v) is 11.9. The second kappa shape index (κ2) is 6.64. The van der Waals surface area contributed by atoms with Gasteiger partial charge in [0.05, 0.1) is 6.20 Å². The maximum Gasteiger partial charge on any atom is 0.405 e. The van der Waals surface area contributed by atoms with Gasteiger partial charge in [-0.15, -0.1) is 0 Å². The first-order valence-corrected chi connectivity index (χ1v) is 6.69. The number of halogens is 3. The van der Waals surface area contributed by atoms with Crippen LogP contribution < -0.4 is 5.32 Å². The van der Waals surface area contributed by atoms with Crippen LogP contribution in [0.1, 0.15) is 17.9 Å². The summed E-state index contributed by atoms with van der Waals surface area (Å²) in [6.45, 7) is 0.640. The van der Waals surface area contributed by atoms with Gasteiger partial charge in [-0.05, 0) is 6.92 Å². The van der Waals surface area contributed by atoms with Crippen LogP contribution in [0, 0.1) is 6.92 Å². The van der Waals surface area contributed by atoms with Crippen molar-refractivity contribution in [1.82, 2.24) is 10.3 Å². The van der Waals surface area contributed by atoms with E-state index in [2.05, 4.69) is 4.98 Å². The summed E-state index contributed by atoms with van der Waals surface area (Å²) in [6.07, 6.45) is -2.83. The van der Waals surface area contributed by atoms with E-state index in [1.807, 2.05) is 31.2 Å². The van der Waals surface area contributed by atoms with Crippen LogP contribution in [-0.4, -0.2) is 23.6 Å². The minimum absolute atomic E-state index is 0.107. The molecule has 1 N–H and O–H groups in total. The molecule has 22 heavy (non-hydrogen) atoms. The average molecular weight is 312 g/mol. The molecule has 118 valence electrons. The van der Waals surface area contributed by atoms with E-state index < -0.39 is 18.6 Å². The van der Waals surface area contributed by atoms with E-state index in [0.717, 1.165) is 11.1 Å². The molecule has 0 atom stereocenters. The molecule has 0 aliphatic carbocycles. The summed E-state index contributed by atoms with van der Waals surface area (Å²) >= 11 is 0. The third kappa shape index (κ3) is 4.91. The number of aromatic nitrogens is 1. The van der Waals surface area contributed by atoms with E-state index in [-0.39, 0.29) is 12.8 Å². The van der Waals surface area contributed by atoms with Crippen LogP contribution in [0.15, 0.2) is 34.9 Å². The zero-order valence-electron chi connectivity index (χ0n) is 11.9. The van der Waals surface area contributed by atoms with Gasteiger partial charge >= 0.3 is 6.18 Å². The van der Waals surface area contributed by atoms with Crippen molar-refractivity contribution in [3.8, 4) is 11.3 Å². The number of oxazole rings is 1. The lowest BCUT2D eigenvalue weighted by Crippen LogP contribution is -2.33. The first kappa shape index (κ1) is 16.1. The highest BCUT2D eigenvalue weighted by Crippen LogP contribution is 2.21. The van der Waals surface area contributed by atoms with Gasteiger partial charge in [0, 0.05) is 18.4 Å². The van der Waals surface area contributed by atoms with Crippen molar-refractivity contribution in [2.45, 2.75) is 25.9 Å². The number of carbonyl (C=O) groups is 1. The topological polar surface area (TPSA) is 55.1 Å². The Hall–Kier alpha value is -2.31. The van der Waals surface area contributed by atoms with E-state index in [9.17, 15) is 18.0 Å². The maximum atomic E-state index is 12.0. The van der Waals surface area contributed by atoms with Crippen LogP contribution in [0.25, 0.3) is 11.3 Å². The van der Waals surface area contributed by atoms with Crippen molar-refractivity contribution in [1.29, 1.82) is 0 Å². The summed E-state index contributed by atoms with van der Waals surface area (Å²) in [5.41, 5.74) is 1.97. The minimum Gasteiger partial charge on any atom is -0.441 e. The lowest BCUT2D eigenvalue weighted by molar-refractivity contribution is -0.138. The quantitative estimate of drug-likeness (QED) is 0.922. The average Bonchev–Trinajstić information content (AvgIpc) is 2.92. The summed E-state index contributed by atoms with van der Waals surface area (Å²) < 4.78 is 41.4. The molecule has 0 aliphatic heterocycles. The van der Waals surface area contributed by atoms with Gasteiger partial charge in [-0.2, -0.15) is 13.2 Å². The predicted octanol–water partition coefficient (Wildman–Crippen LogP) is 3.26. The van der Waals surface area contributed by atoms with E-state index in [4.69, 9.17) is 4.42 Å². The van der Waals surface area contributed by atoms with Crippen LogP contribution in [-0.2, 0) is 11.2 Å². The standard InChI is InChI=1S/C15H15F3N2O2/c1-10-2-4-11(5-3-10)12-8-19-14(22-12)7-6-13(21)20-9-15(16,17)18/h2-5,8H,6-7,9H2,1H3,(H,20,21). The highest BCUT2D eigenvalue weighted by Gasteiger charge is 2.27. The largest absolute Gasteiger partial charge is 0.441 e. The van der Waals surface area contributed by atoms with Gasteiger partial charge < -0.3 is 9.73 Å². The normalized spacial score (nSPS) is 11.5. The summed E-state index contributed by atoms with van der Waals surface area (Å²) in [5, 5.41) is 1.80. The Balaban J connectivity index is 1.87. The van der Waals surface area contributed by atoms with E-state index in [1.54, 1.807) is 5.32 Å². The van der Waals surface area contributed by atoms with Crippen LogP contribution in [0.2, 0.25) is 0 Å². The second-order valence-electron chi connectivity index (χ2n) is 4.88. The van der Waals surface area contributed by atoms with Gasteiger partial charge in [0.15, 0.2) is 11.7 Å². The molecule has 1 aromatic carbocycles. The van der Waals surface area contributed by atoms with Crippen LogP contribution in [0.5, 0.6) is 0 Å². The Morgan fingerprint density at radius 1 is 1.27 bits per heavy atom. The lowest BCUT2D eigenvalue weighted by Gasteiger charge is -2.07. The van der Waals surface area contributed by atoms with Crippen LogP contribution in [0.3, 0.4) is 0 Å². The molecule has 1 heterocycles. The molecule has 0 aliphatic rings. The molecular weight excluding hydrogens is 297 g/mol. The minimum atomic E-state index is -4.41. The van der Waals surface area contributed by atoms with Crippen molar-refractivity contribution < 1.29 is 22.4 Å². The van der Waals surface area contributed by atoms with Gasteiger partial charge in [-0.25, -0.2) is 4.98 Å². The molecule has 4 nitrogen and oxygen atoms in total. The monoisotopic (exact) mass is 312 g/mol. The molecule has 0 radical (unpaired) electrons. The molecule has 1 amide bonds. The molecule has 0 bridgehead atoms. The van der Waals surface area contributed by atoms with E-state index >= 15 is 0 Å². The number of nitrogens with one attached hydrogen (secondary N) is 1. The number of amides is 1. The first-order valence-electron chi connectivity index (χ1n) is 6.69. The SMILES string of the molecule is Cc1ccc(-c2cnc(CCC(=O)NCC(F)(F)F)o2)cc1. The van der Waals surface area contributed by atoms with Gasteiger partial charge in [0.1, 0.15) is 6.54 Å². The molecular formula is C15H15F3N2O2. The van der Waals surface area contributed by atoms with Crippen molar-refractivity contribution in [2.75, 3.05) is 6.54 Å². The Morgan fingerprint density at radius 2 is 1.95 bits per heavy atom. The number of aryl methyl sites for hydroxylation is 2. The fourth-order valence-electron chi connectivity index (χ4n) is 1.78. The summed E-state index contributed by atoms with van der Waals surface area (Å²) in [6, 6.07) is 7.63. The second-order valence-corrected chi connectivity index (χ2v) is 4.88. The maximum absolute atomic E-state index is 12.0. The molecule has 0 saturated heterocycles. The number of benzene rings is 1. The molecule has 0 saturated carbocycles. The summed E-state index contributed by atoms with van der Waals surface area (Å²) in [4.78, 5) is 15.3. The number of rotatable bonds is 5. The fourth-order valence-corrected chi connectivity index (χ4v) is 1.78. The lowest BCUT2D eigenvalue weighted by atomic mass is 10.1. The molecule has 2 rings (SSSR count). The van der Waals surface area contributed by atoms with Crippen LogP contribution >= 0.6 is 0 Å². The van der Waals surface area contributed by atoms with E-state index in [1.165, 1.54) is 6.20 Å². The Labute approximate surface area is 125 Å². The summed E-state index contributed by atoms with van der Waals surface area (Å²) in [5.74, 6) is 0.191. The third-order valence-electron chi connectivity index (χ3n) is 2.94. The van der Waals surface area contributed by atoms with Crippen molar-refractivity contribution in [3.05, 3.63) is 41.9 Å². The molecule has 1 aromatic heterocycles. The Kier molecular flexibility index (Phi) is 4.85. The highest BCUT2D eigenvalue weighted by molar-refractivity contribution is 5.76. The summed E-state index contributed by atoms with van der Waals surface area (Å²) in [7, 11) is 0. The van der Waals surface area contributed by atoms with Crippen molar-refractivity contribution in [3.63, 3.8) is 0 Å². The number of alkyl halides is 3. The van der Waals surface area contributed by atoms with Gasteiger partial charge in [0.25, 0.3) is 0 Å². The highest BCUT2D eigenvalue weighted by atomic mass is 19.4. The Bertz CT molecular complexity index is 633. The zero-order chi connectivity index (χ0) is 16.2. The predicted molar refractivity (Wildman–Crippen MR) is 74.1 cm³/mol. The number of carbonyl (C=O) groups excluding carboxylic acids is 1. The first-order chi connectivity index (χ1) is 10.3. The fraction of sp³-hybridized carbons (Fsp3) is 0.333. The number of nitrogens with zero attached hydrogens (tertiary/aromatic N) is 1. The smallest absolute Gasteiger partial charge is 0.405 e. The van der Waals surface area contributed by atoms with Gasteiger partial charge in [-0.1, -0.05) is 29.8 Å². The molecule has 0 fully saturated rings. The Morgan fingerprint density at radius 3 is 2.59 bits per heavy atom. The number of hydrogen-bond acceptors (Lipinski definition) is 3. The van der Waals surface area contributed by atoms with Gasteiger partial charge in [-0.3, -0.25) is 4.79 Å². The molecule has 0 spiro atoms.